The predicted molar refractivity (Wildman–Crippen MR) is 206 cm³/mol. The van der Waals surface area contributed by atoms with Gasteiger partial charge >= 0.3 is 0 Å². The first-order valence-corrected chi connectivity index (χ1v) is 17.0. The Bertz CT molecular complexity index is 1960. The van der Waals surface area contributed by atoms with Crippen LogP contribution >= 0.6 is 0 Å². The summed E-state index contributed by atoms with van der Waals surface area (Å²) in [5, 5.41) is 0. The molecule has 0 saturated carbocycles. The van der Waals surface area contributed by atoms with Gasteiger partial charge in [-0.1, -0.05) is 146 Å². The van der Waals surface area contributed by atoms with Crippen LogP contribution in [-0.2, 0) is 19.3 Å². The van der Waals surface area contributed by atoms with Crippen molar-refractivity contribution in [3.05, 3.63) is 193 Å². The summed E-state index contributed by atoms with van der Waals surface area (Å²) >= 11 is 0. The molecule has 2 heteroatoms. The highest BCUT2D eigenvalue weighted by Crippen LogP contribution is 2.30. The monoisotopic (exact) mass is 646 g/mol. The van der Waals surface area contributed by atoms with E-state index in [9.17, 15) is 8.78 Å². The highest BCUT2D eigenvalue weighted by molar-refractivity contribution is 5.72. The zero-order valence-electron chi connectivity index (χ0n) is 28.6. The Morgan fingerprint density at radius 2 is 0.796 bits per heavy atom. The molecule has 6 aromatic rings. The van der Waals surface area contributed by atoms with Crippen LogP contribution in [0.2, 0.25) is 0 Å². The molecule has 6 rings (SSSR count). The van der Waals surface area contributed by atoms with E-state index in [1.54, 1.807) is 12.1 Å². The molecule has 0 heterocycles. The van der Waals surface area contributed by atoms with Crippen LogP contribution in [0.5, 0.6) is 0 Å². The summed E-state index contributed by atoms with van der Waals surface area (Å²) in [4.78, 5) is 0. The van der Waals surface area contributed by atoms with Gasteiger partial charge in [-0.25, -0.2) is 8.78 Å². The Morgan fingerprint density at radius 3 is 1.16 bits per heavy atom. The molecular weight excluding hydrogens is 603 g/mol. The molecule has 0 aliphatic carbocycles. The molecule has 0 fully saturated rings. The first-order chi connectivity index (χ1) is 23.9. The van der Waals surface area contributed by atoms with Crippen molar-refractivity contribution in [2.45, 2.75) is 46.0 Å². The van der Waals surface area contributed by atoms with Gasteiger partial charge in [0.15, 0.2) is 0 Å². The topological polar surface area (TPSA) is 0 Å². The summed E-state index contributed by atoms with van der Waals surface area (Å²) in [5.74, 6) is -0.372. The lowest BCUT2D eigenvalue weighted by Crippen LogP contribution is -1.89. The van der Waals surface area contributed by atoms with E-state index in [1.807, 2.05) is 79.7 Å². The Labute approximate surface area is 291 Å². The summed E-state index contributed by atoms with van der Waals surface area (Å²) in [7, 11) is 0. The van der Waals surface area contributed by atoms with Crippen LogP contribution in [0.15, 0.2) is 159 Å². The molecule has 49 heavy (non-hydrogen) atoms. The fourth-order valence-corrected chi connectivity index (χ4v) is 5.78. The molecule has 0 amide bonds. The molecule has 0 aromatic heterocycles. The number of halogens is 2. The minimum absolute atomic E-state index is 0.184. The lowest BCUT2D eigenvalue weighted by Gasteiger charge is -2.08. The molecule has 0 unspecified atom stereocenters. The summed E-state index contributed by atoms with van der Waals surface area (Å²) in [6.07, 6.45) is 8.74. The summed E-state index contributed by atoms with van der Waals surface area (Å²) in [6, 6.07) is 43.6. The van der Waals surface area contributed by atoms with Crippen LogP contribution < -0.4 is 0 Å². The Kier molecular flexibility index (Phi) is 12.3. The molecule has 0 nitrogen and oxygen atoms in total. The Balaban J connectivity index is 0.000000191. The van der Waals surface area contributed by atoms with Gasteiger partial charge in [0.25, 0.3) is 0 Å². The maximum absolute atomic E-state index is 14.7. The van der Waals surface area contributed by atoms with Crippen molar-refractivity contribution >= 4 is 0 Å². The average molecular weight is 647 g/mol. The van der Waals surface area contributed by atoms with Crippen molar-refractivity contribution in [3.8, 4) is 44.5 Å². The van der Waals surface area contributed by atoms with Gasteiger partial charge in [-0.2, -0.15) is 0 Å². The minimum Gasteiger partial charge on any atom is -0.206 e. The van der Waals surface area contributed by atoms with Gasteiger partial charge in [-0.3, -0.25) is 0 Å². The van der Waals surface area contributed by atoms with Gasteiger partial charge in [0, 0.05) is 11.1 Å². The Hall–Kier alpha value is -5.34. The van der Waals surface area contributed by atoms with E-state index in [0.717, 1.165) is 65.5 Å². The molecule has 246 valence electrons. The quantitative estimate of drug-likeness (QED) is 0.123. The maximum atomic E-state index is 14.7. The molecule has 0 atom stereocenters. The zero-order valence-corrected chi connectivity index (χ0v) is 28.6. The van der Waals surface area contributed by atoms with E-state index in [1.165, 1.54) is 22.3 Å². The second-order valence-electron chi connectivity index (χ2n) is 12.4. The second-order valence-corrected chi connectivity index (χ2v) is 12.4. The van der Waals surface area contributed by atoms with Crippen molar-refractivity contribution in [1.29, 1.82) is 0 Å². The van der Waals surface area contributed by atoms with E-state index < -0.39 is 0 Å². The number of hydrogen-bond donors (Lipinski definition) is 0. The molecule has 0 aliphatic rings. The Morgan fingerprint density at radius 1 is 0.449 bits per heavy atom. The molecule has 0 saturated heterocycles. The van der Waals surface area contributed by atoms with E-state index in [0.29, 0.717) is 11.1 Å². The van der Waals surface area contributed by atoms with Crippen LogP contribution in [0.25, 0.3) is 44.5 Å². The fraction of sp³-hybridized carbons (Fsp3) is 0.149. The van der Waals surface area contributed by atoms with Gasteiger partial charge in [0.2, 0.25) is 0 Å². The van der Waals surface area contributed by atoms with Crippen molar-refractivity contribution in [3.63, 3.8) is 0 Å². The van der Waals surface area contributed by atoms with E-state index >= 15 is 0 Å². The van der Waals surface area contributed by atoms with Crippen LogP contribution in [-0.4, -0.2) is 0 Å². The SMILES string of the molecule is C=CCCc1ccc(-c2ccc(-c3ccc(C)cc3)c(F)c2)cc1.C=CCCc1ccc(-c2ccc(-c3ccc(CC)cc3)cc2F)cc1. The standard InChI is InChI=1S/C24H23F.C23H21F/c1-3-5-6-19-9-13-21(14-10-19)23-16-15-22(17-24(23)25)20-11-7-18(4-2)8-12-20;1-3-4-5-18-8-12-19(13-9-18)21-14-15-22(23(24)16-21)20-10-6-17(2)7-11-20/h3,7-17H,1,4-6H2,2H3;3,6-16H,1,4-5H2,2H3. The highest BCUT2D eigenvalue weighted by atomic mass is 19.1. The number of hydrogen-bond acceptors (Lipinski definition) is 0. The number of benzene rings is 6. The zero-order chi connectivity index (χ0) is 34.6. The third-order valence-corrected chi connectivity index (χ3v) is 8.82. The molecule has 0 N–H and O–H groups in total. The normalized spacial score (nSPS) is 10.6. The van der Waals surface area contributed by atoms with Crippen molar-refractivity contribution < 1.29 is 8.78 Å². The summed E-state index contributed by atoms with van der Waals surface area (Å²) < 4.78 is 29.2. The van der Waals surface area contributed by atoms with Gasteiger partial charge in [0.1, 0.15) is 11.6 Å². The minimum atomic E-state index is -0.188. The number of allylic oxidation sites excluding steroid dienone is 2. The van der Waals surface area contributed by atoms with Crippen LogP contribution in [0, 0.1) is 18.6 Å². The largest absolute Gasteiger partial charge is 0.206 e. The number of rotatable bonds is 11. The van der Waals surface area contributed by atoms with Gasteiger partial charge in [0.05, 0.1) is 0 Å². The van der Waals surface area contributed by atoms with Crippen molar-refractivity contribution in [2.24, 2.45) is 0 Å². The highest BCUT2D eigenvalue weighted by Gasteiger charge is 2.09. The average Bonchev–Trinajstić information content (AvgIpc) is 3.14. The molecule has 0 radical (unpaired) electrons. The van der Waals surface area contributed by atoms with Gasteiger partial charge in [-0.15, -0.1) is 13.2 Å². The molecule has 0 bridgehead atoms. The van der Waals surface area contributed by atoms with E-state index in [2.05, 4.69) is 80.7 Å². The van der Waals surface area contributed by atoms with Crippen LogP contribution in [0.1, 0.15) is 42.0 Å². The smallest absolute Gasteiger partial charge is 0.131 e. The predicted octanol–water partition coefficient (Wildman–Crippen LogP) is 13.4. The molecule has 0 spiro atoms. The maximum Gasteiger partial charge on any atom is 0.131 e. The third kappa shape index (κ3) is 9.39. The summed E-state index contributed by atoms with van der Waals surface area (Å²) in [5.41, 5.74) is 12.0. The first-order valence-electron chi connectivity index (χ1n) is 17.0. The van der Waals surface area contributed by atoms with Gasteiger partial charge < -0.3 is 0 Å². The lowest BCUT2D eigenvalue weighted by molar-refractivity contribution is 0.631. The third-order valence-electron chi connectivity index (χ3n) is 8.82. The van der Waals surface area contributed by atoms with Crippen molar-refractivity contribution in [1.82, 2.24) is 0 Å². The van der Waals surface area contributed by atoms with E-state index in [-0.39, 0.29) is 11.6 Å². The van der Waals surface area contributed by atoms with Crippen LogP contribution in [0.3, 0.4) is 0 Å². The molecule has 0 aliphatic heterocycles. The van der Waals surface area contributed by atoms with Crippen LogP contribution in [0.4, 0.5) is 8.78 Å². The summed E-state index contributed by atoms with van der Waals surface area (Å²) in [6.45, 7) is 11.7. The van der Waals surface area contributed by atoms with Gasteiger partial charge in [-0.05, 0) is 101 Å². The van der Waals surface area contributed by atoms with Crippen molar-refractivity contribution in [2.75, 3.05) is 0 Å². The lowest BCUT2D eigenvalue weighted by atomic mass is 9.97. The fourth-order valence-electron chi connectivity index (χ4n) is 5.78. The first kappa shape index (κ1) is 35.0. The van der Waals surface area contributed by atoms with E-state index in [4.69, 9.17) is 0 Å². The second kappa shape index (κ2) is 17.2. The molecule has 6 aromatic carbocycles. The number of aryl methyl sites for hydroxylation is 4. The molecular formula is C47H44F2.